The van der Waals surface area contributed by atoms with Crippen LogP contribution in [0.4, 0.5) is 5.69 Å². The summed E-state index contributed by atoms with van der Waals surface area (Å²) in [5.41, 5.74) is 6.32. The number of nitrogens with zero attached hydrogens (tertiary/aromatic N) is 9. The van der Waals surface area contributed by atoms with Gasteiger partial charge in [-0.15, -0.1) is 0 Å². The van der Waals surface area contributed by atoms with Crippen molar-refractivity contribution in [3.05, 3.63) is 282 Å². The fraction of sp³-hybridized carbons (Fsp3) is 0.210. The molecule has 0 radical (unpaired) electrons. The molecule has 31 heteroatoms. The second-order valence-electron chi connectivity index (χ2n) is 27.4. The van der Waals surface area contributed by atoms with E-state index in [9.17, 15) is 76.8 Å². The zero-order chi connectivity index (χ0) is 80.3. The van der Waals surface area contributed by atoms with Crippen molar-refractivity contribution in [3.63, 3.8) is 0 Å². The maximum atomic E-state index is 13.4. The minimum absolute atomic E-state index is 0.0498. The summed E-state index contributed by atoms with van der Waals surface area (Å²) in [7, 11) is -8.29. The minimum Gasteiger partial charge on any atom is -0.326 e. The van der Waals surface area contributed by atoms with Gasteiger partial charge in [-0.2, -0.15) is 45.4 Å². The molecule has 7 aromatic rings. The first kappa shape index (κ1) is 79.5. The number of ketones is 8. The summed E-state index contributed by atoms with van der Waals surface area (Å²) in [5, 5.41) is 15.4. The molecule has 7 aromatic carbocycles. The van der Waals surface area contributed by atoms with Gasteiger partial charge in [0.1, 0.15) is 0 Å². The van der Waals surface area contributed by atoms with Crippen LogP contribution in [0.2, 0.25) is 0 Å². The molecule has 1 N–H and O–H groups in total. The number of aryl methyl sites for hydroxylation is 1. The van der Waals surface area contributed by atoms with Gasteiger partial charge in [-0.25, -0.2) is 16.8 Å². The summed E-state index contributed by atoms with van der Waals surface area (Å²) < 4.78 is 109. The number of hydrogen-bond donors (Lipinski definition) is 1. The molecule has 0 saturated carbocycles. The van der Waals surface area contributed by atoms with Gasteiger partial charge >= 0.3 is 0 Å². The molecule has 0 spiro atoms. The average molecular weight is 1590 g/mol. The lowest BCUT2D eigenvalue weighted by molar-refractivity contribution is -0.136. The van der Waals surface area contributed by atoms with E-state index in [4.69, 9.17) is 0 Å². The third-order valence-electron chi connectivity index (χ3n) is 19.1. The maximum Gasteiger partial charge on any atom is 0.279 e. The first-order valence-electron chi connectivity index (χ1n) is 35.0. The van der Waals surface area contributed by atoms with E-state index in [2.05, 4.69) is 20.6 Å². The van der Waals surface area contributed by atoms with Gasteiger partial charge in [0.2, 0.25) is 52.2 Å². The highest BCUT2D eigenvalue weighted by atomic mass is 32.2. The number of anilines is 1. The maximum absolute atomic E-state index is 13.4. The van der Waals surface area contributed by atoms with Crippen LogP contribution in [0.5, 0.6) is 0 Å². The van der Waals surface area contributed by atoms with Crippen LogP contribution in [-0.4, -0.2) is 195 Å². The zero-order valence-electron chi connectivity index (χ0n) is 61.0. The number of fused-ring (bicyclic) bond motifs is 4. The summed E-state index contributed by atoms with van der Waals surface area (Å²) in [4.78, 5) is 113. The van der Waals surface area contributed by atoms with E-state index in [1.807, 2.05) is 56.3 Å². The molecule has 1 amide bonds. The van der Waals surface area contributed by atoms with Gasteiger partial charge in [0.15, 0.2) is 0 Å². The molecular formula is C81H74N10O17S4. The van der Waals surface area contributed by atoms with Crippen molar-refractivity contribution in [3.8, 4) is 0 Å². The van der Waals surface area contributed by atoms with Crippen molar-refractivity contribution in [2.45, 2.75) is 59.2 Å². The van der Waals surface area contributed by atoms with Crippen molar-refractivity contribution >= 4 is 121 Å². The van der Waals surface area contributed by atoms with Crippen molar-refractivity contribution in [1.82, 2.24) is 27.3 Å². The van der Waals surface area contributed by atoms with Crippen LogP contribution in [0.3, 0.4) is 0 Å². The lowest BCUT2D eigenvalue weighted by Gasteiger charge is -2.28. The molecule has 8 aliphatic rings. The first-order chi connectivity index (χ1) is 53.3. The van der Waals surface area contributed by atoms with Gasteiger partial charge in [0, 0.05) is 31.9 Å². The molecule has 8 unspecified atom stereocenters. The van der Waals surface area contributed by atoms with E-state index in [1.165, 1.54) is 72.1 Å². The van der Waals surface area contributed by atoms with E-state index in [0.29, 0.717) is 46.8 Å². The Morgan fingerprint density at radius 2 is 0.741 bits per heavy atom. The second-order valence-corrected chi connectivity index (χ2v) is 34.8. The number of amides is 1. The van der Waals surface area contributed by atoms with Gasteiger partial charge in [0.05, 0.1) is 85.4 Å². The van der Waals surface area contributed by atoms with Gasteiger partial charge in [-0.3, -0.25) is 47.5 Å². The molecule has 4 heterocycles. The highest BCUT2D eigenvalue weighted by Gasteiger charge is 2.53. The summed E-state index contributed by atoms with van der Waals surface area (Å²) in [6.45, 7) is 4.25. The quantitative estimate of drug-likeness (QED) is 0.0936. The molecule has 574 valence electrons. The Kier molecular flexibility index (Phi) is 23.1. The molecule has 0 bridgehead atoms. The Hall–Kier alpha value is -12.0. The molecule has 0 aromatic heterocycles. The molecule has 15 rings (SSSR count). The molecule has 8 atom stereocenters. The Morgan fingerprint density at radius 1 is 0.402 bits per heavy atom. The number of nitrogens with one attached hydrogen (secondary N) is 1. The normalized spacial score (nSPS) is 21.7. The topological polar surface area (TPSA) is 359 Å². The van der Waals surface area contributed by atoms with E-state index in [0.717, 1.165) is 48.2 Å². The largest absolute Gasteiger partial charge is 0.326 e. The van der Waals surface area contributed by atoms with E-state index in [1.54, 1.807) is 159 Å². The molecule has 0 saturated heterocycles. The highest BCUT2D eigenvalue weighted by molar-refractivity contribution is 7.90. The SMILES string of the molecule is CC(=O)Nc1ccc(S(=O)(=O)N2N=C(c3ccccc3)C3C(=O)C(=O)C=CC32)cc1.CN(C)CCS(=O)(=O)N1N=C(c2ccccc2)C2C(=O)C(=O)C=CC21.CN(C)Cc1ccc(S(=O)(=O)N2N=C(c3ccccc3)C3C(=O)C(=O)C=CC32)cc1.Cc1ccc(S(=O)(=O)N2C=C(c3ccccc3)C3C(=O)C(=O)C=CC32)cc1. The van der Waals surface area contributed by atoms with Crippen LogP contribution in [0.1, 0.15) is 40.3 Å². The van der Waals surface area contributed by atoms with Crippen LogP contribution >= 0.6 is 0 Å². The molecule has 4 aliphatic carbocycles. The Bertz CT molecular complexity index is 5700. The number of hydrazone groups is 3. The molecule has 4 aliphatic heterocycles. The first-order valence-corrected chi connectivity index (χ1v) is 40.9. The Morgan fingerprint density at radius 3 is 1.12 bits per heavy atom. The average Bonchev–Trinajstić information content (AvgIpc) is 1.61. The summed E-state index contributed by atoms with van der Waals surface area (Å²) >= 11 is 0. The van der Waals surface area contributed by atoms with Crippen LogP contribution in [0.25, 0.3) is 5.57 Å². The van der Waals surface area contributed by atoms with Crippen molar-refractivity contribution in [1.29, 1.82) is 0 Å². The van der Waals surface area contributed by atoms with Crippen molar-refractivity contribution in [2.75, 3.05) is 45.8 Å². The third kappa shape index (κ3) is 16.3. The van der Waals surface area contributed by atoms with E-state index in [-0.39, 0.29) is 37.8 Å². The lowest BCUT2D eigenvalue weighted by Crippen LogP contribution is -2.45. The Balaban J connectivity index is 0.000000139. The lowest BCUT2D eigenvalue weighted by atomic mass is 9.82. The second kappa shape index (κ2) is 32.5. The van der Waals surface area contributed by atoms with Gasteiger partial charge in [-0.05, 0) is 141 Å². The van der Waals surface area contributed by atoms with Crippen LogP contribution in [-0.2, 0) is 89.8 Å². The van der Waals surface area contributed by atoms with E-state index < -0.39 is 134 Å². The van der Waals surface area contributed by atoms with E-state index >= 15 is 0 Å². The number of rotatable bonds is 17. The smallest absolute Gasteiger partial charge is 0.279 e. The fourth-order valence-corrected chi connectivity index (χ4v) is 19.4. The van der Waals surface area contributed by atoms with Gasteiger partial charge in [0.25, 0.3) is 40.1 Å². The summed E-state index contributed by atoms with van der Waals surface area (Å²) in [6, 6.07) is 51.0. The zero-order valence-corrected chi connectivity index (χ0v) is 64.3. The molecule has 112 heavy (non-hydrogen) atoms. The highest BCUT2D eigenvalue weighted by Crippen LogP contribution is 2.43. The van der Waals surface area contributed by atoms with Crippen LogP contribution in [0.15, 0.2) is 279 Å². The predicted molar refractivity (Wildman–Crippen MR) is 416 cm³/mol. The summed E-state index contributed by atoms with van der Waals surface area (Å²) in [6.07, 6.45) is 11.8. The molecule has 0 fully saturated rings. The molecule has 27 nitrogen and oxygen atoms in total. The van der Waals surface area contributed by atoms with Crippen molar-refractivity contribution in [2.24, 2.45) is 39.0 Å². The fourth-order valence-electron chi connectivity index (χ4n) is 13.6. The van der Waals surface area contributed by atoms with Crippen LogP contribution in [0, 0.1) is 30.6 Å². The minimum atomic E-state index is -4.12. The number of hydrogen-bond acceptors (Lipinski definition) is 22. The van der Waals surface area contributed by atoms with Crippen LogP contribution < -0.4 is 5.32 Å². The number of allylic oxidation sites excluding steroid dienone is 4. The van der Waals surface area contributed by atoms with Gasteiger partial charge in [-0.1, -0.05) is 175 Å². The number of carbonyl (C=O) groups excluding carboxylic acids is 9. The number of Topliss-reactive ketones (excluding diaryl/α,β-unsaturated/α-hetero) is 4. The standard InChI is InChI=1S/C22H21N3O4S.C21H17N3O5S.C21H17NO4S.C17H19N3O4S/c1-24(2)14-15-8-10-17(11-9-15)30(28,29)25-18-12-13-19(26)22(27)20(18)21(23-25)16-6-4-3-5-7-16;1-13(25)22-15-7-9-16(10-8-15)30(28,29)24-17-11-12-18(26)21(27)19(17)20(23-24)14-5-3-2-4-6-14;1-14-7-9-16(10-8-14)27(25,26)22-13-17(15-5-3-2-4-6-15)20-18(22)11-12-19(23)21(20)24;1-19(2)10-11-25(23,24)20-13-8-9-14(21)17(22)15(13)16(18-20)12-6-4-3-5-7-12/h3-13,18,20H,14H2,1-2H3;2-12,17,19H,1H3,(H,22,25);2-13,18,20H,1H3;3-9,13,15H,10-11H2,1-2H3. The number of benzene rings is 7. The number of carbonyl (C=O) groups is 9. The monoisotopic (exact) mass is 1590 g/mol. The van der Waals surface area contributed by atoms with Gasteiger partial charge < -0.3 is 15.1 Å². The Labute approximate surface area is 647 Å². The summed E-state index contributed by atoms with van der Waals surface area (Å²) in [5.74, 6) is -9.18. The molecular weight excluding hydrogens is 1510 g/mol. The van der Waals surface area contributed by atoms with Crippen molar-refractivity contribution < 1.29 is 76.8 Å². The predicted octanol–water partition coefficient (Wildman–Crippen LogP) is 6.62. The third-order valence-corrected chi connectivity index (χ3v) is 25.8. The number of sulfonamides is 4.